The zero-order chi connectivity index (χ0) is 8.01. The summed E-state index contributed by atoms with van der Waals surface area (Å²) in [4.78, 5) is 11.2. The normalized spacial score (nSPS) is 15.6. The van der Waals surface area contributed by atoms with Crippen molar-refractivity contribution in [3.8, 4) is 0 Å². The quantitative estimate of drug-likeness (QED) is 0.646. The van der Waals surface area contributed by atoms with E-state index >= 15 is 0 Å². The fourth-order valence-electron chi connectivity index (χ4n) is 1.50. The van der Waals surface area contributed by atoms with E-state index in [0.717, 1.165) is 16.6 Å². The summed E-state index contributed by atoms with van der Waals surface area (Å²) in [5.41, 5.74) is 2.08. The lowest BCUT2D eigenvalue weighted by Gasteiger charge is -1.94. The van der Waals surface area contributed by atoms with Gasteiger partial charge in [0.05, 0.1) is 4.60 Å². The van der Waals surface area contributed by atoms with Gasteiger partial charge in [-0.25, -0.2) is 0 Å². The molecule has 0 saturated heterocycles. The molecule has 1 aliphatic carbocycles. The Balaban J connectivity index is 2.66. The van der Waals surface area contributed by atoms with Crippen molar-refractivity contribution >= 4 is 21.7 Å². The van der Waals surface area contributed by atoms with Crippen LogP contribution in [-0.2, 0) is 13.5 Å². The molecule has 11 heavy (non-hydrogen) atoms. The summed E-state index contributed by atoms with van der Waals surface area (Å²) < 4.78 is 3.00. The van der Waals surface area contributed by atoms with Gasteiger partial charge in [0.15, 0.2) is 5.78 Å². The number of carbonyl (C=O) groups is 1. The molecular formula is C8H8BrNO. The van der Waals surface area contributed by atoms with Gasteiger partial charge in [-0.1, -0.05) is 0 Å². The number of hydrogen-bond donors (Lipinski definition) is 0. The van der Waals surface area contributed by atoms with Gasteiger partial charge in [0.25, 0.3) is 0 Å². The van der Waals surface area contributed by atoms with Crippen LogP contribution in [0.1, 0.15) is 22.3 Å². The van der Waals surface area contributed by atoms with Gasteiger partial charge in [-0.2, -0.15) is 0 Å². The lowest BCUT2D eigenvalue weighted by atomic mass is 10.2. The molecule has 2 rings (SSSR count). The Bertz CT molecular complexity index is 327. The molecule has 1 heterocycles. The van der Waals surface area contributed by atoms with Gasteiger partial charge >= 0.3 is 0 Å². The molecule has 0 radical (unpaired) electrons. The maximum Gasteiger partial charge on any atom is 0.165 e. The zero-order valence-electron chi connectivity index (χ0n) is 6.22. The van der Waals surface area contributed by atoms with Crippen molar-refractivity contribution in [2.75, 3.05) is 0 Å². The van der Waals surface area contributed by atoms with Gasteiger partial charge in [-0.15, -0.1) is 0 Å². The first kappa shape index (κ1) is 7.10. The van der Waals surface area contributed by atoms with Crippen LogP contribution >= 0.6 is 15.9 Å². The smallest absolute Gasteiger partial charge is 0.165 e. The molecule has 0 bridgehead atoms. The topological polar surface area (TPSA) is 22.0 Å². The highest BCUT2D eigenvalue weighted by Crippen LogP contribution is 2.29. The molecule has 0 fully saturated rings. The molecule has 1 aromatic heterocycles. The van der Waals surface area contributed by atoms with Gasteiger partial charge in [0.2, 0.25) is 0 Å². The summed E-state index contributed by atoms with van der Waals surface area (Å²) in [7, 11) is 1.94. The maximum atomic E-state index is 11.2. The van der Waals surface area contributed by atoms with Gasteiger partial charge in [-0.05, 0) is 27.9 Å². The molecule has 0 saturated carbocycles. The zero-order valence-corrected chi connectivity index (χ0v) is 7.81. The van der Waals surface area contributed by atoms with Crippen molar-refractivity contribution in [1.29, 1.82) is 0 Å². The predicted molar refractivity (Wildman–Crippen MR) is 45.8 cm³/mol. The Kier molecular flexibility index (Phi) is 1.42. The molecule has 0 aliphatic heterocycles. The molecule has 1 aliphatic rings. The number of ketones is 1. The average molecular weight is 214 g/mol. The third-order valence-corrected chi connectivity index (χ3v) is 3.15. The number of halogens is 1. The van der Waals surface area contributed by atoms with Crippen LogP contribution in [0.4, 0.5) is 0 Å². The first-order valence-electron chi connectivity index (χ1n) is 3.57. The molecule has 0 N–H and O–H groups in total. The van der Waals surface area contributed by atoms with Crippen molar-refractivity contribution in [3.63, 3.8) is 0 Å². The van der Waals surface area contributed by atoms with Crippen molar-refractivity contribution < 1.29 is 4.79 Å². The number of Topliss-reactive ketones (excluding diaryl/α,β-unsaturated/α-hetero) is 1. The third-order valence-electron chi connectivity index (χ3n) is 2.11. The standard InChI is InChI=1S/C8H8BrNO/c1-10-4-6-5(8(10)9)2-3-7(6)11/h4H,2-3H2,1H3. The highest BCUT2D eigenvalue weighted by molar-refractivity contribution is 9.10. The second kappa shape index (κ2) is 2.21. The minimum atomic E-state index is 0.279. The first-order chi connectivity index (χ1) is 5.20. The number of aryl methyl sites for hydroxylation is 1. The van der Waals surface area contributed by atoms with E-state index in [4.69, 9.17) is 0 Å². The summed E-state index contributed by atoms with van der Waals surface area (Å²) in [5.74, 6) is 0.279. The van der Waals surface area contributed by atoms with E-state index in [2.05, 4.69) is 15.9 Å². The van der Waals surface area contributed by atoms with Crippen molar-refractivity contribution in [2.24, 2.45) is 7.05 Å². The SMILES string of the molecule is Cn1cc2c(c1Br)CCC2=O. The Morgan fingerprint density at radius 3 is 2.91 bits per heavy atom. The number of fused-ring (bicyclic) bond motifs is 1. The molecule has 0 atom stereocenters. The van der Waals surface area contributed by atoms with E-state index < -0.39 is 0 Å². The lowest BCUT2D eigenvalue weighted by molar-refractivity contribution is 0.0994. The van der Waals surface area contributed by atoms with E-state index in [1.54, 1.807) is 0 Å². The Labute approximate surface area is 73.3 Å². The Hall–Kier alpha value is -0.570. The molecule has 0 spiro atoms. The van der Waals surface area contributed by atoms with Gasteiger partial charge in [-0.3, -0.25) is 4.79 Å². The first-order valence-corrected chi connectivity index (χ1v) is 4.36. The number of rotatable bonds is 0. The minimum Gasteiger partial charge on any atom is -0.344 e. The lowest BCUT2D eigenvalue weighted by Crippen LogP contribution is -1.91. The van der Waals surface area contributed by atoms with Crippen LogP contribution in [0.5, 0.6) is 0 Å². The summed E-state index contributed by atoms with van der Waals surface area (Å²) in [6, 6.07) is 0. The second-order valence-electron chi connectivity index (χ2n) is 2.85. The predicted octanol–water partition coefficient (Wildman–Crippen LogP) is 1.92. The van der Waals surface area contributed by atoms with E-state index in [-0.39, 0.29) is 5.78 Å². The van der Waals surface area contributed by atoms with Crippen LogP contribution < -0.4 is 0 Å². The number of nitrogens with zero attached hydrogens (tertiary/aromatic N) is 1. The van der Waals surface area contributed by atoms with Crippen LogP contribution in [0, 0.1) is 0 Å². The van der Waals surface area contributed by atoms with Gasteiger partial charge in [0.1, 0.15) is 0 Å². The maximum absolute atomic E-state index is 11.2. The summed E-state index contributed by atoms with van der Waals surface area (Å²) in [6.07, 6.45) is 3.48. The molecule has 58 valence electrons. The number of hydrogen-bond acceptors (Lipinski definition) is 1. The molecule has 0 amide bonds. The molecular weight excluding hydrogens is 206 g/mol. The Morgan fingerprint density at radius 1 is 1.55 bits per heavy atom. The van der Waals surface area contributed by atoms with E-state index in [0.29, 0.717) is 6.42 Å². The summed E-state index contributed by atoms with van der Waals surface area (Å²) in [6.45, 7) is 0. The molecule has 1 aromatic rings. The second-order valence-corrected chi connectivity index (χ2v) is 3.60. The van der Waals surface area contributed by atoms with Crippen molar-refractivity contribution in [1.82, 2.24) is 4.57 Å². The summed E-state index contributed by atoms with van der Waals surface area (Å²) in [5, 5.41) is 0. The van der Waals surface area contributed by atoms with E-state index in [1.165, 1.54) is 5.56 Å². The van der Waals surface area contributed by atoms with Gasteiger partial charge < -0.3 is 4.57 Å². The fraction of sp³-hybridized carbons (Fsp3) is 0.375. The molecule has 0 aromatic carbocycles. The highest BCUT2D eigenvalue weighted by atomic mass is 79.9. The van der Waals surface area contributed by atoms with E-state index in [1.807, 2.05) is 17.8 Å². The van der Waals surface area contributed by atoms with Crippen LogP contribution in [0.3, 0.4) is 0 Å². The van der Waals surface area contributed by atoms with Crippen molar-refractivity contribution in [2.45, 2.75) is 12.8 Å². The summed E-state index contributed by atoms with van der Waals surface area (Å²) >= 11 is 3.44. The number of carbonyl (C=O) groups excluding carboxylic acids is 1. The molecule has 0 unspecified atom stereocenters. The largest absolute Gasteiger partial charge is 0.344 e. The van der Waals surface area contributed by atoms with Crippen LogP contribution in [0.25, 0.3) is 0 Å². The van der Waals surface area contributed by atoms with Crippen molar-refractivity contribution in [3.05, 3.63) is 21.9 Å². The molecule has 3 heteroatoms. The minimum absolute atomic E-state index is 0.279. The van der Waals surface area contributed by atoms with Crippen LogP contribution in [-0.4, -0.2) is 10.4 Å². The van der Waals surface area contributed by atoms with Crippen LogP contribution in [0.2, 0.25) is 0 Å². The fourth-order valence-corrected chi connectivity index (χ4v) is 2.02. The number of aromatic nitrogens is 1. The third kappa shape index (κ3) is 0.872. The molecule has 2 nitrogen and oxygen atoms in total. The monoisotopic (exact) mass is 213 g/mol. The highest BCUT2D eigenvalue weighted by Gasteiger charge is 2.24. The van der Waals surface area contributed by atoms with Gasteiger partial charge in [0, 0.05) is 25.2 Å². The average Bonchev–Trinajstić information content (AvgIpc) is 2.43. The Morgan fingerprint density at radius 2 is 2.27 bits per heavy atom. The van der Waals surface area contributed by atoms with Crippen LogP contribution in [0.15, 0.2) is 10.8 Å². The van der Waals surface area contributed by atoms with E-state index in [9.17, 15) is 4.79 Å².